The number of amides is 1. The molecular formula is C19H20N6O. The largest absolute Gasteiger partial charge is 0.352 e. The number of benzene rings is 1. The summed E-state index contributed by atoms with van der Waals surface area (Å²) in [5, 5.41) is 7.31. The SMILES string of the molecule is Cc1nn2cccnc2c1C(=O)NCCCn1c(C)nc2ccccc21. The first kappa shape index (κ1) is 16.3. The molecule has 0 saturated heterocycles. The van der Waals surface area contributed by atoms with E-state index in [4.69, 9.17) is 0 Å². The standard InChI is InChI=1S/C19H20N6O/c1-13-17(18-20-9-6-12-25(18)23-13)19(26)21-10-5-11-24-14(2)22-15-7-3-4-8-16(15)24/h3-4,6-9,12H,5,10-11H2,1-2H3,(H,21,26). The Kier molecular flexibility index (Phi) is 4.12. The van der Waals surface area contributed by atoms with Gasteiger partial charge in [0.15, 0.2) is 5.65 Å². The van der Waals surface area contributed by atoms with E-state index in [9.17, 15) is 4.79 Å². The van der Waals surface area contributed by atoms with Gasteiger partial charge < -0.3 is 9.88 Å². The van der Waals surface area contributed by atoms with Crippen LogP contribution in [-0.2, 0) is 6.54 Å². The number of rotatable bonds is 5. The number of carbonyl (C=O) groups excluding carboxylic acids is 1. The van der Waals surface area contributed by atoms with Crippen LogP contribution in [0.4, 0.5) is 0 Å². The monoisotopic (exact) mass is 348 g/mol. The summed E-state index contributed by atoms with van der Waals surface area (Å²) < 4.78 is 3.81. The Bertz CT molecular complexity index is 1090. The summed E-state index contributed by atoms with van der Waals surface area (Å²) in [6.45, 7) is 5.21. The summed E-state index contributed by atoms with van der Waals surface area (Å²) in [5.41, 5.74) is 3.92. The lowest BCUT2D eigenvalue weighted by atomic mass is 10.2. The molecule has 26 heavy (non-hydrogen) atoms. The first-order valence-corrected chi connectivity index (χ1v) is 8.65. The molecule has 1 aromatic carbocycles. The number of nitrogens with one attached hydrogen (secondary N) is 1. The third-order valence-corrected chi connectivity index (χ3v) is 4.49. The predicted octanol–water partition coefficient (Wildman–Crippen LogP) is 2.52. The van der Waals surface area contributed by atoms with Crippen LogP contribution in [0.25, 0.3) is 16.7 Å². The minimum absolute atomic E-state index is 0.136. The van der Waals surface area contributed by atoms with Crippen LogP contribution in [0.1, 0.15) is 28.3 Å². The zero-order chi connectivity index (χ0) is 18.1. The molecule has 7 heteroatoms. The Labute approximate surface area is 150 Å². The molecule has 1 amide bonds. The molecule has 0 unspecified atom stereocenters. The fourth-order valence-electron chi connectivity index (χ4n) is 3.27. The van der Waals surface area contributed by atoms with Crippen molar-refractivity contribution in [3.63, 3.8) is 0 Å². The lowest BCUT2D eigenvalue weighted by molar-refractivity contribution is 0.0953. The van der Waals surface area contributed by atoms with Gasteiger partial charge in [-0.25, -0.2) is 14.5 Å². The topological polar surface area (TPSA) is 77.1 Å². The second kappa shape index (κ2) is 6.59. The predicted molar refractivity (Wildman–Crippen MR) is 99.1 cm³/mol. The molecule has 0 aliphatic carbocycles. The van der Waals surface area contributed by atoms with E-state index >= 15 is 0 Å². The molecule has 7 nitrogen and oxygen atoms in total. The van der Waals surface area contributed by atoms with Gasteiger partial charge in [0.2, 0.25) is 0 Å². The van der Waals surface area contributed by atoms with Crippen LogP contribution in [0.2, 0.25) is 0 Å². The van der Waals surface area contributed by atoms with E-state index in [0.29, 0.717) is 23.4 Å². The maximum Gasteiger partial charge on any atom is 0.257 e. The molecule has 0 spiro atoms. The summed E-state index contributed by atoms with van der Waals surface area (Å²) in [7, 11) is 0. The summed E-state index contributed by atoms with van der Waals surface area (Å²) in [4.78, 5) is 21.4. The molecule has 4 rings (SSSR count). The van der Waals surface area contributed by atoms with E-state index < -0.39 is 0 Å². The Morgan fingerprint density at radius 3 is 2.92 bits per heavy atom. The van der Waals surface area contributed by atoms with Crippen molar-refractivity contribution in [2.75, 3.05) is 6.54 Å². The molecule has 132 valence electrons. The van der Waals surface area contributed by atoms with Crippen molar-refractivity contribution in [2.45, 2.75) is 26.8 Å². The minimum Gasteiger partial charge on any atom is -0.352 e. The van der Waals surface area contributed by atoms with Crippen molar-refractivity contribution >= 4 is 22.6 Å². The van der Waals surface area contributed by atoms with E-state index in [1.165, 1.54) is 0 Å². The number of imidazole rings is 1. The van der Waals surface area contributed by atoms with Crippen LogP contribution >= 0.6 is 0 Å². The number of hydrogen-bond acceptors (Lipinski definition) is 4. The number of aryl methyl sites for hydroxylation is 3. The zero-order valence-corrected chi connectivity index (χ0v) is 14.8. The van der Waals surface area contributed by atoms with Crippen molar-refractivity contribution in [2.24, 2.45) is 0 Å². The molecule has 0 bridgehead atoms. The van der Waals surface area contributed by atoms with Gasteiger partial charge in [0.25, 0.3) is 5.91 Å². The van der Waals surface area contributed by atoms with Crippen LogP contribution in [0.3, 0.4) is 0 Å². The lowest BCUT2D eigenvalue weighted by Gasteiger charge is -2.08. The average Bonchev–Trinajstić information content (AvgIpc) is 3.14. The molecule has 0 fully saturated rings. The molecule has 0 radical (unpaired) electrons. The van der Waals surface area contributed by atoms with Gasteiger partial charge in [0.1, 0.15) is 11.4 Å². The zero-order valence-electron chi connectivity index (χ0n) is 14.8. The van der Waals surface area contributed by atoms with Crippen molar-refractivity contribution in [3.8, 4) is 0 Å². The average molecular weight is 348 g/mol. The quantitative estimate of drug-likeness (QED) is 0.562. The second-order valence-corrected chi connectivity index (χ2v) is 6.26. The molecule has 0 saturated carbocycles. The number of hydrogen-bond donors (Lipinski definition) is 1. The van der Waals surface area contributed by atoms with Gasteiger partial charge >= 0.3 is 0 Å². The molecule has 3 heterocycles. The van der Waals surface area contributed by atoms with Gasteiger partial charge in [-0.15, -0.1) is 0 Å². The van der Waals surface area contributed by atoms with Gasteiger partial charge in [-0.2, -0.15) is 5.10 Å². The maximum absolute atomic E-state index is 12.6. The van der Waals surface area contributed by atoms with Crippen molar-refractivity contribution in [1.29, 1.82) is 0 Å². The summed E-state index contributed by atoms with van der Waals surface area (Å²) in [5.74, 6) is 0.851. The third-order valence-electron chi connectivity index (χ3n) is 4.49. The van der Waals surface area contributed by atoms with Crippen molar-refractivity contribution in [1.82, 2.24) is 29.5 Å². The normalized spacial score (nSPS) is 11.3. The lowest BCUT2D eigenvalue weighted by Crippen LogP contribution is -2.26. The van der Waals surface area contributed by atoms with E-state index in [1.54, 1.807) is 23.0 Å². The van der Waals surface area contributed by atoms with Crippen LogP contribution in [-0.4, -0.2) is 36.6 Å². The summed E-state index contributed by atoms with van der Waals surface area (Å²) >= 11 is 0. The first-order valence-electron chi connectivity index (χ1n) is 8.65. The van der Waals surface area contributed by atoms with Crippen molar-refractivity contribution < 1.29 is 4.79 Å². The molecule has 3 aromatic heterocycles. The minimum atomic E-state index is -0.136. The highest BCUT2D eigenvalue weighted by atomic mass is 16.1. The Morgan fingerprint density at radius 1 is 1.19 bits per heavy atom. The molecule has 0 aliphatic heterocycles. The fraction of sp³-hybridized carbons (Fsp3) is 0.263. The van der Waals surface area contributed by atoms with E-state index in [2.05, 4.69) is 31.0 Å². The highest BCUT2D eigenvalue weighted by Gasteiger charge is 2.17. The van der Waals surface area contributed by atoms with Gasteiger partial charge in [0, 0.05) is 25.5 Å². The Morgan fingerprint density at radius 2 is 2.04 bits per heavy atom. The van der Waals surface area contributed by atoms with Gasteiger partial charge in [0.05, 0.1) is 16.7 Å². The van der Waals surface area contributed by atoms with Crippen LogP contribution in [0.15, 0.2) is 42.7 Å². The molecule has 4 aromatic rings. The molecule has 0 atom stereocenters. The number of carbonyl (C=O) groups is 1. The number of nitrogens with zero attached hydrogens (tertiary/aromatic N) is 5. The van der Waals surface area contributed by atoms with Crippen LogP contribution < -0.4 is 5.32 Å². The molecule has 0 aliphatic rings. The Hall–Kier alpha value is -3.22. The summed E-state index contributed by atoms with van der Waals surface area (Å²) in [6, 6.07) is 9.89. The van der Waals surface area contributed by atoms with Crippen molar-refractivity contribution in [3.05, 3.63) is 59.8 Å². The number of aromatic nitrogens is 5. The number of para-hydroxylation sites is 2. The molecule has 1 N–H and O–H groups in total. The van der Waals surface area contributed by atoms with Crippen LogP contribution in [0.5, 0.6) is 0 Å². The smallest absolute Gasteiger partial charge is 0.257 e. The number of fused-ring (bicyclic) bond motifs is 2. The van der Waals surface area contributed by atoms with Gasteiger partial charge in [-0.1, -0.05) is 12.1 Å². The third kappa shape index (κ3) is 2.81. The van der Waals surface area contributed by atoms with E-state index in [0.717, 1.165) is 29.8 Å². The highest BCUT2D eigenvalue weighted by molar-refractivity contribution is 6.00. The van der Waals surface area contributed by atoms with E-state index in [1.807, 2.05) is 32.0 Å². The summed E-state index contributed by atoms with van der Waals surface area (Å²) in [6.07, 6.45) is 4.28. The first-order chi connectivity index (χ1) is 12.6. The fourth-order valence-corrected chi connectivity index (χ4v) is 3.27. The van der Waals surface area contributed by atoms with Crippen LogP contribution in [0, 0.1) is 13.8 Å². The van der Waals surface area contributed by atoms with Gasteiger partial charge in [-0.3, -0.25) is 4.79 Å². The Balaban J connectivity index is 1.42. The van der Waals surface area contributed by atoms with E-state index in [-0.39, 0.29) is 5.91 Å². The van der Waals surface area contributed by atoms with Gasteiger partial charge in [-0.05, 0) is 38.5 Å². The maximum atomic E-state index is 12.6. The molecular weight excluding hydrogens is 328 g/mol. The second-order valence-electron chi connectivity index (χ2n) is 6.26. The highest BCUT2D eigenvalue weighted by Crippen LogP contribution is 2.16.